The second kappa shape index (κ2) is 9.00. The van der Waals surface area contributed by atoms with Crippen molar-refractivity contribution in [1.29, 1.82) is 0 Å². The lowest BCUT2D eigenvalue weighted by Crippen LogP contribution is -2.35. The number of hydrogen-bond acceptors (Lipinski definition) is 3. The van der Waals surface area contributed by atoms with Crippen molar-refractivity contribution in [3.05, 3.63) is 59.7 Å². The maximum atomic E-state index is 12.5. The standard InChI is InChI=1S/C22H27N3OS/c1-16(2)17-10-12-18(13-11-17)21(26)24-22(27)23-19-8-4-5-9-20(19)25-14-6-3-7-15-25/h4-5,8-13,16H,3,6-7,14-15H2,1-2H3,(H2,23,24,26,27). The molecule has 3 rings (SSSR count). The summed E-state index contributed by atoms with van der Waals surface area (Å²) in [7, 11) is 0. The summed E-state index contributed by atoms with van der Waals surface area (Å²) in [5, 5.41) is 6.30. The highest BCUT2D eigenvalue weighted by Crippen LogP contribution is 2.28. The van der Waals surface area contributed by atoms with Crippen LogP contribution in [0.1, 0.15) is 54.9 Å². The molecule has 0 bridgehead atoms. The van der Waals surface area contributed by atoms with Crippen LogP contribution in [0.5, 0.6) is 0 Å². The molecule has 1 saturated heterocycles. The van der Waals surface area contributed by atoms with E-state index in [-0.39, 0.29) is 5.91 Å². The highest BCUT2D eigenvalue weighted by atomic mass is 32.1. The number of benzene rings is 2. The number of nitrogens with zero attached hydrogens (tertiary/aromatic N) is 1. The minimum atomic E-state index is -0.196. The Kier molecular flexibility index (Phi) is 6.45. The molecule has 0 aromatic heterocycles. The van der Waals surface area contributed by atoms with Crippen LogP contribution in [0.2, 0.25) is 0 Å². The van der Waals surface area contributed by atoms with Gasteiger partial charge in [0.15, 0.2) is 5.11 Å². The Morgan fingerprint density at radius 3 is 2.33 bits per heavy atom. The van der Waals surface area contributed by atoms with Crippen LogP contribution in [0.3, 0.4) is 0 Å². The number of thiocarbonyl (C=S) groups is 1. The molecule has 0 aliphatic carbocycles. The zero-order valence-corrected chi connectivity index (χ0v) is 16.8. The summed E-state index contributed by atoms with van der Waals surface area (Å²) in [5.74, 6) is 0.245. The van der Waals surface area contributed by atoms with Gasteiger partial charge in [0.2, 0.25) is 0 Å². The largest absolute Gasteiger partial charge is 0.370 e. The van der Waals surface area contributed by atoms with Crippen molar-refractivity contribution >= 4 is 34.6 Å². The Labute approximate surface area is 167 Å². The van der Waals surface area contributed by atoms with Gasteiger partial charge in [0, 0.05) is 18.7 Å². The van der Waals surface area contributed by atoms with Crippen LogP contribution in [0.25, 0.3) is 0 Å². The van der Waals surface area contributed by atoms with Gasteiger partial charge in [-0.3, -0.25) is 10.1 Å². The molecule has 2 aromatic carbocycles. The Bertz CT molecular complexity index is 795. The van der Waals surface area contributed by atoms with E-state index in [4.69, 9.17) is 12.2 Å². The lowest BCUT2D eigenvalue weighted by Gasteiger charge is -2.30. The molecule has 4 nitrogen and oxygen atoms in total. The molecule has 2 aromatic rings. The van der Waals surface area contributed by atoms with Crippen molar-refractivity contribution < 1.29 is 4.79 Å². The summed E-state index contributed by atoms with van der Waals surface area (Å²) in [6.45, 7) is 6.38. The minimum absolute atomic E-state index is 0.196. The molecule has 0 radical (unpaired) electrons. The lowest BCUT2D eigenvalue weighted by molar-refractivity contribution is 0.0977. The van der Waals surface area contributed by atoms with Crippen LogP contribution in [0.15, 0.2) is 48.5 Å². The van der Waals surface area contributed by atoms with E-state index < -0.39 is 0 Å². The number of anilines is 2. The molecular formula is C22H27N3OS. The highest BCUT2D eigenvalue weighted by Gasteiger charge is 2.15. The molecule has 27 heavy (non-hydrogen) atoms. The molecule has 1 aliphatic rings. The molecule has 0 unspecified atom stereocenters. The van der Waals surface area contributed by atoms with Crippen molar-refractivity contribution in [2.24, 2.45) is 0 Å². The lowest BCUT2D eigenvalue weighted by atomic mass is 10.0. The van der Waals surface area contributed by atoms with Crippen LogP contribution >= 0.6 is 12.2 Å². The number of para-hydroxylation sites is 2. The van der Waals surface area contributed by atoms with Gasteiger partial charge in [0.25, 0.3) is 5.91 Å². The highest BCUT2D eigenvalue weighted by molar-refractivity contribution is 7.80. The summed E-state index contributed by atoms with van der Waals surface area (Å²) >= 11 is 5.38. The monoisotopic (exact) mass is 381 g/mol. The maximum Gasteiger partial charge on any atom is 0.257 e. The fraction of sp³-hybridized carbons (Fsp3) is 0.364. The van der Waals surface area contributed by atoms with E-state index in [0.717, 1.165) is 24.5 Å². The molecule has 1 fully saturated rings. The molecule has 1 heterocycles. The SMILES string of the molecule is CC(C)c1ccc(C(=O)NC(=S)Nc2ccccc2N2CCCCC2)cc1. The Hall–Kier alpha value is -2.40. The van der Waals surface area contributed by atoms with E-state index in [2.05, 4.69) is 35.4 Å². The van der Waals surface area contributed by atoms with Gasteiger partial charge < -0.3 is 10.2 Å². The number of nitrogens with one attached hydrogen (secondary N) is 2. The normalized spacial score (nSPS) is 14.1. The fourth-order valence-corrected chi connectivity index (χ4v) is 3.54. The number of rotatable bonds is 4. The predicted octanol–water partition coefficient (Wildman–Crippen LogP) is 4.93. The van der Waals surface area contributed by atoms with Crippen molar-refractivity contribution in [2.45, 2.75) is 39.0 Å². The molecule has 2 N–H and O–H groups in total. The number of amides is 1. The van der Waals surface area contributed by atoms with Crippen molar-refractivity contribution in [1.82, 2.24) is 5.32 Å². The first-order chi connectivity index (χ1) is 13.0. The van der Waals surface area contributed by atoms with Crippen LogP contribution in [0.4, 0.5) is 11.4 Å². The Balaban J connectivity index is 1.64. The molecule has 1 amide bonds. The molecular weight excluding hydrogens is 354 g/mol. The first-order valence-corrected chi connectivity index (χ1v) is 10.0. The Morgan fingerprint density at radius 1 is 1.00 bits per heavy atom. The van der Waals surface area contributed by atoms with Crippen LogP contribution in [-0.4, -0.2) is 24.1 Å². The van der Waals surface area contributed by atoms with E-state index in [1.54, 1.807) is 0 Å². The minimum Gasteiger partial charge on any atom is -0.370 e. The molecule has 142 valence electrons. The van der Waals surface area contributed by atoms with Gasteiger partial charge in [0.05, 0.1) is 11.4 Å². The van der Waals surface area contributed by atoms with Gasteiger partial charge in [-0.2, -0.15) is 0 Å². The maximum absolute atomic E-state index is 12.5. The molecule has 0 saturated carbocycles. The first-order valence-electron chi connectivity index (χ1n) is 9.61. The third-order valence-electron chi connectivity index (χ3n) is 4.92. The third kappa shape index (κ3) is 5.07. The fourth-order valence-electron chi connectivity index (χ4n) is 3.34. The van der Waals surface area contributed by atoms with E-state index >= 15 is 0 Å². The van der Waals surface area contributed by atoms with Crippen molar-refractivity contribution in [3.63, 3.8) is 0 Å². The average molecular weight is 382 g/mol. The van der Waals surface area contributed by atoms with E-state index in [1.165, 1.54) is 24.8 Å². The summed E-state index contributed by atoms with van der Waals surface area (Å²) in [6.07, 6.45) is 3.71. The van der Waals surface area contributed by atoms with E-state index in [0.29, 0.717) is 16.6 Å². The van der Waals surface area contributed by atoms with Crippen LogP contribution in [0, 0.1) is 0 Å². The second-order valence-corrected chi connectivity index (χ2v) is 7.66. The molecule has 1 aliphatic heterocycles. The van der Waals surface area contributed by atoms with Gasteiger partial charge in [-0.25, -0.2) is 0 Å². The van der Waals surface area contributed by atoms with E-state index in [9.17, 15) is 4.79 Å². The number of carbonyl (C=O) groups excluding carboxylic acids is 1. The quantitative estimate of drug-likeness (QED) is 0.737. The first kappa shape index (κ1) is 19.4. The van der Waals surface area contributed by atoms with E-state index in [1.807, 2.05) is 42.5 Å². The second-order valence-electron chi connectivity index (χ2n) is 7.25. The average Bonchev–Trinajstić information content (AvgIpc) is 2.69. The zero-order chi connectivity index (χ0) is 19.2. The molecule has 5 heteroatoms. The third-order valence-corrected chi connectivity index (χ3v) is 5.12. The summed E-state index contributed by atoms with van der Waals surface area (Å²) in [6, 6.07) is 15.8. The van der Waals surface area contributed by atoms with Gasteiger partial charge in [-0.05, 0) is 67.2 Å². The Morgan fingerprint density at radius 2 is 1.67 bits per heavy atom. The van der Waals surface area contributed by atoms with Gasteiger partial charge in [-0.15, -0.1) is 0 Å². The zero-order valence-electron chi connectivity index (χ0n) is 16.0. The summed E-state index contributed by atoms with van der Waals surface area (Å²) in [5.41, 5.74) is 3.88. The number of hydrogen-bond donors (Lipinski definition) is 2. The number of piperidine rings is 1. The van der Waals surface area contributed by atoms with Gasteiger partial charge >= 0.3 is 0 Å². The summed E-state index contributed by atoms with van der Waals surface area (Å²) in [4.78, 5) is 14.8. The number of carbonyl (C=O) groups is 1. The topological polar surface area (TPSA) is 44.4 Å². The van der Waals surface area contributed by atoms with Gasteiger partial charge in [0.1, 0.15) is 0 Å². The van der Waals surface area contributed by atoms with Crippen LogP contribution in [-0.2, 0) is 0 Å². The summed E-state index contributed by atoms with van der Waals surface area (Å²) < 4.78 is 0. The molecule has 0 spiro atoms. The van der Waals surface area contributed by atoms with Crippen molar-refractivity contribution in [2.75, 3.05) is 23.3 Å². The van der Waals surface area contributed by atoms with Crippen LogP contribution < -0.4 is 15.5 Å². The van der Waals surface area contributed by atoms with Crippen molar-refractivity contribution in [3.8, 4) is 0 Å². The predicted molar refractivity (Wildman–Crippen MR) is 117 cm³/mol. The molecule has 0 atom stereocenters. The smallest absolute Gasteiger partial charge is 0.257 e. The van der Waals surface area contributed by atoms with Gasteiger partial charge in [-0.1, -0.05) is 38.1 Å².